The monoisotopic (exact) mass is 492 g/mol. The standard InChI is InChI=1S/C22H24ClN.C9H14FN/c1-4-6-7-19-20-14-18(23)12-13-21(20)24-22(19)15(3)17-10-8-16(5-2)9-11-17;1-4-6-8(3)11-7-9(10)5-2/h5,8-15,24H,2,4,6-7H2,1,3H3;5-7H,4H2,1-3H3/b;8-6+,9-5+,11-7+. The van der Waals surface area contributed by atoms with Crippen LogP contribution in [0.4, 0.5) is 4.39 Å². The highest BCUT2D eigenvalue weighted by molar-refractivity contribution is 6.31. The van der Waals surface area contributed by atoms with Gasteiger partial charge in [0.2, 0.25) is 0 Å². The minimum atomic E-state index is -0.297. The molecule has 1 heterocycles. The molecule has 2 aromatic carbocycles. The molecule has 0 aliphatic carbocycles. The average Bonchev–Trinajstić information content (AvgIpc) is 3.23. The molecule has 4 heteroatoms. The molecule has 1 unspecified atom stereocenters. The molecule has 0 saturated carbocycles. The van der Waals surface area contributed by atoms with E-state index in [9.17, 15) is 4.39 Å². The largest absolute Gasteiger partial charge is 0.358 e. The number of benzene rings is 2. The Balaban J connectivity index is 0.000000334. The molecule has 1 N–H and O–H groups in total. The number of fused-ring (bicyclic) bond motifs is 1. The second kappa shape index (κ2) is 14.5. The van der Waals surface area contributed by atoms with E-state index in [0.717, 1.165) is 29.1 Å². The Hall–Kier alpha value is -2.91. The first-order valence-electron chi connectivity index (χ1n) is 12.4. The number of nitrogens with one attached hydrogen (secondary N) is 1. The van der Waals surface area contributed by atoms with Crippen molar-refractivity contribution in [1.82, 2.24) is 4.98 Å². The van der Waals surface area contributed by atoms with Crippen molar-refractivity contribution >= 4 is 34.8 Å². The SMILES string of the molecule is C=Cc1ccc(C(C)c2[nH]c3ccc(Cl)cc3c2CCCC)cc1.C\C=C(F)/C=N/C(C)=C/CC. The van der Waals surface area contributed by atoms with Gasteiger partial charge in [0, 0.05) is 33.2 Å². The van der Waals surface area contributed by atoms with Gasteiger partial charge < -0.3 is 4.98 Å². The number of hydrogen-bond acceptors (Lipinski definition) is 1. The number of rotatable bonds is 9. The Morgan fingerprint density at radius 3 is 2.49 bits per heavy atom. The first kappa shape index (κ1) is 28.3. The Kier molecular flexibility index (Phi) is 11.7. The van der Waals surface area contributed by atoms with E-state index >= 15 is 0 Å². The lowest BCUT2D eigenvalue weighted by Crippen LogP contribution is -2.01. The van der Waals surface area contributed by atoms with E-state index in [4.69, 9.17) is 11.6 Å². The summed E-state index contributed by atoms with van der Waals surface area (Å²) in [7, 11) is 0. The molecule has 35 heavy (non-hydrogen) atoms. The molecule has 0 saturated heterocycles. The van der Waals surface area contributed by atoms with Crippen LogP contribution >= 0.6 is 11.6 Å². The van der Waals surface area contributed by atoms with Crippen LogP contribution in [-0.4, -0.2) is 11.2 Å². The van der Waals surface area contributed by atoms with Crippen molar-refractivity contribution in [3.8, 4) is 0 Å². The third-order valence-corrected chi connectivity index (χ3v) is 6.19. The molecule has 3 rings (SSSR count). The molecule has 0 fully saturated rings. The summed E-state index contributed by atoms with van der Waals surface area (Å²) in [6.45, 7) is 13.8. The molecule has 0 radical (unpaired) electrons. The average molecular weight is 493 g/mol. The fourth-order valence-corrected chi connectivity index (χ4v) is 4.08. The number of aromatic amines is 1. The van der Waals surface area contributed by atoms with Crippen molar-refractivity contribution in [3.63, 3.8) is 0 Å². The summed E-state index contributed by atoms with van der Waals surface area (Å²) in [6, 6.07) is 14.8. The molecule has 3 aromatic rings. The lowest BCUT2D eigenvalue weighted by molar-refractivity contribution is 0.684. The second-order valence-electron chi connectivity index (χ2n) is 8.59. The van der Waals surface area contributed by atoms with Gasteiger partial charge in [0.1, 0.15) is 5.83 Å². The molecule has 2 nitrogen and oxygen atoms in total. The summed E-state index contributed by atoms with van der Waals surface area (Å²) in [5, 5.41) is 2.06. The van der Waals surface area contributed by atoms with Gasteiger partial charge in [-0.1, -0.05) is 87.9 Å². The maximum Gasteiger partial charge on any atom is 0.137 e. The smallest absolute Gasteiger partial charge is 0.137 e. The van der Waals surface area contributed by atoms with Crippen LogP contribution in [-0.2, 0) is 6.42 Å². The van der Waals surface area contributed by atoms with Gasteiger partial charge in [-0.05, 0) is 68.0 Å². The summed E-state index contributed by atoms with van der Waals surface area (Å²) < 4.78 is 12.4. The van der Waals surface area contributed by atoms with Crippen LogP contribution in [0, 0.1) is 0 Å². The first-order valence-corrected chi connectivity index (χ1v) is 12.8. The third-order valence-electron chi connectivity index (χ3n) is 5.95. The van der Waals surface area contributed by atoms with Crippen molar-refractivity contribution in [2.45, 2.75) is 66.2 Å². The van der Waals surface area contributed by atoms with E-state index in [1.807, 2.05) is 32.1 Å². The van der Waals surface area contributed by atoms with Crippen molar-refractivity contribution in [2.24, 2.45) is 4.99 Å². The maximum absolute atomic E-state index is 12.4. The lowest BCUT2D eigenvalue weighted by Gasteiger charge is -2.14. The first-order chi connectivity index (χ1) is 16.8. The number of aryl methyl sites for hydroxylation is 1. The minimum absolute atomic E-state index is 0.297. The van der Waals surface area contributed by atoms with E-state index < -0.39 is 0 Å². The quantitative estimate of drug-likeness (QED) is 0.288. The van der Waals surface area contributed by atoms with Crippen LogP contribution < -0.4 is 0 Å². The number of unbranched alkanes of at least 4 members (excludes halogenated alkanes) is 1. The van der Waals surface area contributed by atoms with Gasteiger partial charge in [-0.3, -0.25) is 4.99 Å². The highest BCUT2D eigenvalue weighted by Crippen LogP contribution is 2.34. The molecule has 0 spiro atoms. The highest BCUT2D eigenvalue weighted by atomic mass is 35.5. The van der Waals surface area contributed by atoms with Gasteiger partial charge in [0.05, 0.1) is 6.21 Å². The van der Waals surface area contributed by atoms with E-state index in [1.54, 1.807) is 6.92 Å². The zero-order valence-corrected chi connectivity index (χ0v) is 22.4. The number of halogens is 2. The lowest BCUT2D eigenvalue weighted by atomic mass is 9.92. The summed E-state index contributed by atoms with van der Waals surface area (Å²) in [6.07, 6.45) is 10.8. The summed E-state index contributed by atoms with van der Waals surface area (Å²) in [4.78, 5) is 7.53. The van der Waals surface area contributed by atoms with Gasteiger partial charge in [0.15, 0.2) is 0 Å². The van der Waals surface area contributed by atoms with Crippen LogP contribution in [0.25, 0.3) is 17.0 Å². The topological polar surface area (TPSA) is 28.1 Å². The number of aromatic nitrogens is 1. The van der Waals surface area contributed by atoms with Crippen LogP contribution in [0.2, 0.25) is 5.02 Å². The zero-order valence-electron chi connectivity index (χ0n) is 21.7. The van der Waals surface area contributed by atoms with Gasteiger partial charge in [-0.2, -0.15) is 0 Å². The predicted octanol–water partition coefficient (Wildman–Crippen LogP) is 10.2. The molecular weight excluding hydrogens is 455 g/mol. The normalized spacial score (nSPS) is 13.1. The van der Waals surface area contributed by atoms with Crippen LogP contribution in [0.1, 0.15) is 82.2 Å². The summed E-state index contributed by atoms with van der Waals surface area (Å²) >= 11 is 6.24. The Labute approximate surface area is 215 Å². The van der Waals surface area contributed by atoms with E-state index in [2.05, 4.69) is 66.8 Å². The fraction of sp³-hybridized carbons (Fsp3) is 0.323. The van der Waals surface area contributed by atoms with Crippen molar-refractivity contribution in [2.75, 3.05) is 0 Å². The van der Waals surface area contributed by atoms with E-state index in [0.29, 0.717) is 5.92 Å². The van der Waals surface area contributed by atoms with Crippen molar-refractivity contribution in [1.29, 1.82) is 0 Å². The molecule has 1 atom stereocenters. The number of H-pyrrole nitrogens is 1. The fourth-order valence-electron chi connectivity index (χ4n) is 3.91. The Morgan fingerprint density at radius 2 is 1.89 bits per heavy atom. The molecule has 186 valence electrons. The third kappa shape index (κ3) is 8.36. The molecule has 0 amide bonds. The predicted molar refractivity (Wildman–Crippen MR) is 153 cm³/mol. The molecule has 0 aliphatic heterocycles. The molecular formula is C31H38ClFN2. The highest BCUT2D eigenvalue weighted by Gasteiger charge is 2.18. The Morgan fingerprint density at radius 1 is 1.17 bits per heavy atom. The number of aliphatic imine (C=N–C) groups is 1. The molecule has 0 bridgehead atoms. The van der Waals surface area contributed by atoms with Gasteiger partial charge in [-0.25, -0.2) is 4.39 Å². The van der Waals surface area contributed by atoms with Crippen molar-refractivity contribution in [3.05, 3.63) is 100 Å². The van der Waals surface area contributed by atoms with Crippen molar-refractivity contribution < 1.29 is 4.39 Å². The summed E-state index contributed by atoms with van der Waals surface area (Å²) in [5.41, 5.74) is 7.22. The summed E-state index contributed by atoms with van der Waals surface area (Å²) in [5.74, 6) is 0.0238. The molecule has 1 aromatic heterocycles. The van der Waals surface area contributed by atoms with E-state index in [-0.39, 0.29) is 5.83 Å². The van der Waals surface area contributed by atoms with Gasteiger partial charge in [-0.15, -0.1) is 0 Å². The maximum atomic E-state index is 12.4. The van der Waals surface area contributed by atoms with E-state index in [1.165, 1.54) is 52.9 Å². The second-order valence-corrected chi connectivity index (χ2v) is 9.03. The zero-order chi connectivity index (χ0) is 25.8. The van der Waals surface area contributed by atoms with Crippen LogP contribution in [0.3, 0.4) is 0 Å². The minimum Gasteiger partial charge on any atom is -0.358 e. The van der Waals surface area contributed by atoms with Gasteiger partial charge in [0.25, 0.3) is 0 Å². The molecule has 0 aliphatic rings. The number of hydrogen-bond donors (Lipinski definition) is 1. The number of allylic oxidation sites excluding steroid dienone is 4. The Bertz CT molecular complexity index is 1180. The van der Waals surface area contributed by atoms with Crippen LogP contribution in [0.5, 0.6) is 0 Å². The van der Waals surface area contributed by atoms with Crippen LogP contribution in [0.15, 0.2) is 77.7 Å². The van der Waals surface area contributed by atoms with Gasteiger partial charge >= 0.3 is 0 Å². The number of nitrogens with zero attached hydrogens (tertiary/aromatic N) is 1.